The molecule has 0 fully saturated rings. The van der Waals surface area contributed by atoms with Gasteiger partial charge in [-0.1, -0.05) is 24.3 Å². The number of rotatable bonds is 4. The minimum absolute atomic E-state index is 0.0215. The number of carbonyl (C=O) groups excluding carboxylic acids is 1. The number of amides is 1. The number of primary amides is 1. The SMILES string of the molecule is Cc1cccc(Nc2ccccc2C(N)=O)c1[N+](=O)[O-]. The van der Waals surface area contributed by atoms with Crippen molar-refractivity contribution in [1.29, 1.82) is 0 Å². The van der Waals surface area contributed by atoms with Crippen LogP contribution in [-0.4, -0.2) is 10.8 Å². The summed E-state index contributed by atoms with van der Waals surface area (Å²) in [6.07, 6.45) is 0. The average molecular weight is 271 g/mol. The summed E-state index contributed by atoms with van der Waals surface area (Å²) < 4.78 is 0. The predicted molar refractivity (Wildman–Crippen MR) is 76.1 cm³/mol. The van der Waals surface area contributed by atoms with Gasteiger partial charge in [0.1, 0.15) is 5.69 Å². The van der Waals surface area contributed by atoms with Crippen LogP contribution in [0.5, 0.6) is 0 Å². The summed E-state index contributed by atoms with van der Waals surface area (Å²) in [5.74, 6) is -0.594. The summed E-state index contributed by atoms with van der Waals surface area (Å²) in [7, 11) is 0. The monoisotopic (exact) mass is 271 g/mol. The Bertz CT molecular complexity index is 683. The van der Waals surface area contributed by atoms with Crippen molar-refractivity contribution in [3.05, 3.63) is 63.7 Å². The highest BCUT2D eigenvalue weighted by atomic mass is 16.6. The number of benzene rings is 2. The Morgan fingerprint density at radius 3 is 2.45 bits per heavy atom. The number of nitrogens with one attached hydrogen (secondary N) is 1. The van der Waals surface area contributed by atoms with Crippen molar-refractivity contribution < 1.29 is 9.72 Å². The molecule has 0 bridgehead atoms. The van der Waals surface area contributed by atoms with E-state index in [1.165, 1.54) is 0 Å². The van der Waals surface area contributed by atoms with Crippen LogP contribution in [0.2, 0.25) is 0 Å². The highest BCUT2D eigenvalue weighted by Crippen LogP contribution is 2.31. The second kappa shape index (κ2) is 5.40. The summed E-state index contributed by atoms with van der Waals surface area (Å²) in [5, 5.41) is 14.0. The number of nitrogens with two attached hydrogens (primary N) is 1. The Kier molecular flexibility index (Phi) is 3.65. The van der Waals surface area contributed by atoms with Gasteiger partial charge in [0.25, 0.3) is 11.6 Å². The summed E-state index contributed by atoms with van der Waals surface area (Å²) in [6.45, 7) is 1.66. The largest absolute Gasteiger partial charge is 0.366 e. The number of carbonyl (C=O) groups is 1. The van der Waals surface area contributed by atoms with Crippen LogP contribution >= 0.6 is 0 Å². The van der Waals surface area contributed by atoms with Crippen LogP contribution < -0.4 is 11.1 Å². The van der Waals surface area contributed by atoms with E-state index >= 15 is 0 Å². The standard InChI is InChI=1S/C14H13N3O3/c1-9-5-4-8-12(13(9)17(19)20)16-11-7-3-2-6-10(11)14(15)18/h2-8,16H,1H3,(H2,15,18). The summed E-state index contributed by atoms with van der Waals surface area (Å²) in [6, 6.07) is 11.6. The fraction of sp³-hybridized carbons (Fsp3) is 0.0714. The number of hydrogen-bond donors (Lipinski definition) is 2. The molecule has 0 aliphatic heterocycles. The van der Waals surface area contributed by atoms with E-state index in [2.05, 4.69) is 5.32 Å². The first-order valence-corrected chi connectivity index (χ1v) is 5.90. The zero-order valence-corrected chi connectivity index (χ0v) is 10.8. The normalized spacial score (nSPS) is 10.1. The molecule has 0 spiro atoms. The molecule has 1 amide bonds. The van der Waals surface area contributed by atoms with Gasteiger partial charge in [0.15, 0.2) is 0 Å². The smallest absolute Gasteiger partial charge is 0.295 e. The van der Waals surface area contributed by atoms with E-state index < -0.39 is 10.8 Å². The number of para-hydroxylation sites is 2. The molecular weight excluding hydrogens is 258 g/mol. The maximum absolute atomic E-state index is 11.3. The molecule has 6 nitrogen and oxygen atoms in total. The predicted octanol–water partition coefficient (Wildman–Crippen LogP) is 2.75. The zero-order chi connectivity index (χ0) is 14.7. The Labute approximate surface area is 115 Å². The zero-order valence-electron chi connectivity index (χ0n) is 10.8. The maximum atomic E-state index is 11.3. The van der Waals surface area contributed by atoms with Crippen molar-refractivity contribution in [2.45, 2.75) is 6.92 Å². The Morgan fingerprint density at radius 2 is 1.80 bits per heavy atom. The van der Waals surface area contributed by atoms with E-state index in [1.807, 2.05) is 0 Å². The first kappa shape index (κ1) is 13.5. The van der Waals surface area contributed by atoms with Crippen LogP contribution in [0.25, 0.3) is 0 Å². The molecule has 0 unspecified atom stereocenters. The van der Waals surface area contributed by atoms with Crippen LogP contribution in [0, 0.1) is 17.0 Å². The highest BCUT2D eigenvalue weighted by Gasteiger charge is 2.18. The Hall–Kier alpha value is -2.89. The van der Waals surface area contributed by atoms with Gasteiger partial charge in [0.2, 0.25) is 0 Å². The van der Waals surface area contributed by atoms with E-state index in [4.69, 9.17) is 5.73 Å². The first-order chi connectivity index (χ1) is 9.50. The van der Waals surface area contributed by atoms with E-state index in [0.29, 0.717) is 16.9 Å². The van der Waals surface area contributed by atoms with Crippen LogP contribution in [0.4, 0.5) is 17.1 Å². The van der Waals surface area contributed by atoms with Gasteiger partial charge in [-0.2, -0.15) is 0 Å². The Morgan fingerprint density at radius 1 is 1.15 bits per heavy atom. The molecule has 0 radical (unpaired) electrons. The molecule has 20 heavy (non-hydrogen) atoms. The van der Waals surface area contributed by atoms with Crippen LogP contribution in [0.3, 0.4) is 0 Å². The van der Waals surface area contributed by atoms with E-state index in [1.54, 1.807) is 49.4 Å². The van der Waals surface area contributed by atoms with Crippen molar-refractivity contribution in [3.63, 3.8) is 0 Å². The van der Waals surface area contributed by atoms with Gasteiger partial charge < -0.3 is 11.1 Å². The molecule has 0 saturated heterocycles. The molecule has 0 aliphatic rings. The minimum Gasteiger partial charge on any atom is -0.366 e. The molecule has 6 heteroatoms. The van der Waals surface area contributed by atoms with Crippen molar-refractivity contribution >= 4 is 23.0 Å². The molecule has 102 valence electrons. The average Bonchev–Trinajstić information content (AvgIpc) is 2.38. The van der Waals surface area contributed by atoms with Crippen molar-refractivity contribution in [3.8, 4) is 0 Å². The van der Waals surface area contributed by atoms with E-state index in [9.17, 15) is 14.9 Å². The van der Waals surface area contributed by atoms with Gasteiger partial charge in [0.05, 0.1) is 16.2 Å². The summed E-state index contributed by atoms with van der Waals surface area (Å²) >= 11 is 0. The molecule has 2 aromatic carbocycles. The molecular formula is C14H13N3O3. The molecule has 2 rings (SSSR count). The molecule has 3 N–H and O–H groups in total. The van der Waals surface area contributed by atoms with Gasteiger partial charge in [-0.3, -0.25) is 14.9 Å². The lowest BCUT2D eigenvalue weighted by Crippen LogP contribution is -2.13. The molecule has 0 aromatic heterocycles. The number of nitro groups is 1. The second-order valence-electron chi connectivity index (χ2n) is 4.26. The van der Waals surface area contributed by atoms with Gasteiger partial charge >= 0.3 is 0 Å². The first-order valence-electron chi connectivity index (χ1n) is 5.90. The van der Waals surface area contributed by atoms with Gasteiger partial charge in [-0.15, -0.1) is 0 Å². The lowest BCUT2D eigenvalue weighted by atomic mass is 10.1. The van der Waals surface area contributed by atoms with Crippen molar-refractivity contribution in [2.75, 3.05) is 5.32 Å². The van der Waals surface area contributed by atoms with Crippen molar-refractivity contribution in [1.82, 2.24) is 0 Å². The third-order valence-electron chi connectivity index (χ3n) is 2.88. The highest BCUT2D eigenvalue weighted by molar-refractivity contribution is 5.99. The fourth-order valence-electron chi connectivity index (χ4n) is 1.95. The molecule has 0 aliphatic carbocycles. The molecule has 0 heterocycles. The summed E-state index contributed by atoms with van der Waals surface area (Å²) in [5.41, 5.74) is 6.84. The number of nitrogens with zero attached hydrogens (tertiary/aromatic N) is 1. The third kappa shape index (κ3) is 2.59. The number of nitro benzene ring substituents is 1. The van der Waals surface area contributed by atoms with E-state index in [0.717, 1.165) is 0 Å². The van der Waals surface area contributed by atoms with Crippen molar-refractivity contribution in [2.24, 2.45) is 5.73 Å². The summed E-state index contributed by atoms with van der Waals surface area (Å²) in [4.78, 5) is 22.0. The Balaban J connectivity index is 2.49. The van der Waals surface area contributed by atoms with Gasteiger partial charge in [-0.05, 0) is 25.1 Å². The van der Waals surface area contributed by atoms with Gasteiger partial charge in [0, 0.05) is 5.56 Å². The maximum Gasteiger partial charge on any atom is 0.295 e. The molecule has 0 saturated carbocycles. The lowest BCUT2D eigenvalue weighted by molar-refractivity contribution is -0.384. The van der Waals surface area contributed by atoms with Gasteiger partial charge in [-0.25, -0.2) is 0 Å². The minimum atomic E-state index is -0.594. The number of anilines is 2. The van der Waals surface area contributed by atoms with Crippen LogP contribution in [-0.2, 0) is 0 Å². The second-order valence-corrected chi connectivity index (χ2v) is 4.26. The van der Waals surface area contributed by atoms with Crippen LogP contribution in [0.1, 0.15) is 15.9 Å². The quantitative estimate of drug-likeness (QED) is 0.659. The third-order valence-corrected chi connectivity index (χ3v) is 2.88. The number of hydrogen-bond acceptors (Lipinski definition) is 4. The fourth-order valence-corrected chi connectivity index (χ4v) is 1.95. The topological polar surface area (TPSA) is 98.3 Å². The van der Waals surface area contributed by atoms with E-state index in [-0.39, 0.29) is 11.3 Å². The molecule has 2 aromatic rings. The van der Waals surface area contributed by atoms with Crippen LogP contribution in [0.15, 0.2) is 42.5 Å². The lowest BCUT2D eigenvalue weighted by Gasteiger charge is -2.11. The number of aryl methyl sites for hydroxylation is 1. The molecule has 0 atom stereocenters.